The van der Waals surface area contributed by atoms with Gasteiger partial charge < -0.3 is 19.5 Å². The first kappa shape index (κ1) is 17.2. The minimum Gasteiger partial charge on any atom is -0.497 e. The van der Waals surface area contributed by atoms with Gasteiger partial charge in [0.05, 0.1) is 19.4 Å². The van der Waals surface area contributed by atoms with Gasteiger partial charge in [-0.3, -0.25) is 9.59 Å². The zero-order chi connectivity index (χ0) is 16.5. The van der Waals surface area contributed by atoms with E-state index in [1.54, 1.807) is 6.92 Å². The molecule has 1 N–H and O–H groups in total. The molecule has 0 spiro atoms. The molecule has 8 nitrogen and oxygen atoms in total. The number of esters is 2. The summed E-state index contributed by atoms with van der Waals surface area (Å²) in [4.78, 5) is 45.8. The SMILES string of the molecule is CCOC(=O)COC(=O)C(=O)Nc1cc(OC)cccc1=O. The van der Waals surface area contributed by atoms with Crippen LogP contribution in [-0.4, -0.2) is 38.2 Å². The zero-order valence-electron chi connectivity index (χ0n) is 12.1. The highest BCUT2D eigenvalue weighted by Gasteiger charge is 2.18. The van der Waals surface area contributed by atoms with Crippen LogP contribution in [0, 0.1) is 0 Å². The van der Waals surface area contributed by atoms with Crippen molar-refractivity contribution in [1.29, 1.82) is 0 Å². The first-order valence-corrected chi connectivity index (χ1v) is 6.30. The standard InChI is InChI=1S/C14H15NO7/c1-3-21-12(17)8-22-14(19)13(18)15-10-7-9(20-2)5-4-6-11(10)16/h4-7H,3,8H2,1-2H3,(H,15,16,18). The Morgan fingerprint density at radius 3 is 2.55 bits per heavy atom. The third-order valence-corrected chi connectivity index (χ3v) is 2.36. The van der Waals surface area contributed by atoms with Crippen molar-refractivity contribution in [2.24, 2.45) is 0 Å². The Kier molecular flexibility index (Phi) is 6.55. The predicted octanol–water partition coefficient (Wildman–Crippen LogP) is 0.100. The summed E-state index contributed by atoms with van der Waals surface area (Å²) >= 11 is 0. The summed E-state index contributed by atoms with van der Waals surface area (Å²) in [7, 11) is 1.39. The van der Waals surface area contributed by atoms with E-state index in [0.717, 1.165) is 0 Å². The largest absolute Gasteiger partial charge is 0.497 e. The summed E-state index contributed by atoms with van der Waals surface area (Å²) < 4.78 is 13.9. The zero-order valence-corrected chi connectivity index (χ0v) is 12.1. The number of nitrogens with one attached hydrogen (secondary N) is 1. The van der Waals surface area contributed by atoms with Gasteiger partial charge in [0.1, 0.15) is 5.75 Å². The molecular weight excluding hydrogens is 294 g/mol. The number of methoxy groups -OCH3 is 1. The predicted molar refractivity (Wildman–Crippen MR) is 75.5 cm³/mol. The van der Waals surface area contributed by atoms with Crippen LogP contribution in [0.4, 0.5) is 5.69 Å². The monoisotopic (exact) mass is 309 g/mol. The molecule has 0 aromatic heterocycles. The number of carbonyl (C=O) groups excluding carboxylic acids is 3. The lowest BCUT2D eigenvalue weighted by Crippen LogP contribution is -2.29. The van der Waals surface area contributed by atoms with E-state index in [-0.39, 0.29) is 12.3 Å². The van der Waals surface area contributed by atoms with Gasteiger partial charge in [-0.25, -0.2) is 9.59 Å². The average molecular weight is 309 g/mol. The van der Waals surface area contributed by atoms with Crippen molar-refractivity contribution in [3.05, 3.63) is 34.5 Å². The van der Waals surface area contributed by atoms with E-state index in [1.165, 1.54) is 31.4 Å². The van der Waals surface area contributed by atoms with Crippen molar-refractivity contribution in [3.63, 3.8) is 0 Å². The fourth-order valence-corrected chi connectivity index (χ4v) is 1.37. The van der Waals surface area contributed by atoms with Gasteiger partial charge in [0.15, 0.2) is 6.61 Å². The quantitative estimate of drug-likeness (QED) is 0.607. The average Bonchev–Trinajstić information content (AvgIpc) is 2.67. The highest BCUT2D eigenvalue weighted by atomic mass is 16.6. The number of carbonyl (C=O) groups is 3. The normalized spacial score (nSPS) is 9.55. The van der Waals surface area contributed by atoms with Gasteiger partial charge in [-0.2, -0.15) is 0 Å². The van der Waals surface area contributed by atoms with Crippen LogP contribution in [0.5, 0.6) is 5.75 Å². The fraction of sp³-hybridized carbons (Fsp3) is 0.286. The molecule has 0 unspecified atom stereocenters. The number of anilines is 1. The molecule has 22 heavy (non-hydrogen) atoms. The molecule has 0 aliphatic rings. The molecule has 1 rings (SSSR count). The lowest BCUT2D eigenvalue weighted by Gasteiger charge is -2.05. The molecule has 0 fully saturated rings. The topological polar surface area (TPSA) is 108 Å². The van der Waals surface area contributed by atoms with E-state index >= 15 is 0 Å². The third-order valence-electron chi connectivity index (χ3n) is 2.36. The number of amides is 1. The van der Waals surface area contributed by atoms with Crippen molar-refractivity contribution in [1.82, 2.24) is 0 Å². The van der Waals surface area contributed by atoms with Crippen molar-refractivity contribution >= 4 is 23.5 Å². The molecule has 0 saturated heterocycles. The van der Waals surface area contributed by atoms with Crippen molar-refractivity contribution < 1.29 is 28.6 Å². The summed E-state index contributed by atoms with van der Waals surface area (Å²) in [6.45, 7) is 1.03. The number of hydrogen-bond donors (Lipinski definition) is 1. The maximum atomic E-state index is 11.7. The van der Waals surface area contributed by atoms with Gasteiger partial charge in [0.2, 0.25) is 5.43 Å². The van der Waals surface area contributed by atoms with Crippen molar-refractivity contribution in [3.8, 4) is 5.75 Å². The van der Waals surface area contributed by atoms with Gasteiger partial charge in [0, 0.05) is 6.07 Å². The minimum atomic E-state index is -1.31. The van der Waals surface area contributed by atoms with Crippen LogP contribution in [0.3, 0.4) is 0 Å². The minimum absolute atomic E-state index is 0.127. The van der Waals surface area contributed by atoms with Crippen molar-refractivity contribution in [2.45, 2.75) is 6.92 Å². The van der Waals surface area contributed by atoms with E-state index in [2.05, 4.69) is 14.8 Å². The highest BCUT2D eigenvalue weighted by molar-refractivity contribution is 6.37. The molecular formula is C14H15NO7. The first-order valence-electron chi connectivity index (χ1n) is 6.30. The second kappa shape index (κ2) is 8.40. The molecule has 0 radical (unpaired) electrons. The Morgan fingerprint density at radius 2 is 1.91 bits per heavy atom. The van der Waals surface area contributed by atoms with E-state index in [9.17, 15) is 19.2 Å². The molecule has 0 heterocycles. The van der Waals surface area contributed by atoms with Gasteiger partial charge >= 0.3 is 17.8 Å². The van der Waals surface area contributed by atoms with Gasteiger partial charge in [0.25, 0.3) is 0 Å². The van der Waals surface area contributed by atoms with Gasteiger partial charge in [-0.1, -0.05) is 6.07 Å². The van der Waals surface area contributed by atoms with Crippen LogP contribution in [0.15, 0.2) is 29.1 Å². The summed E-state index contributed by atoms with van der Waals surface area (Å²) in [5, 5.41) is 2.10. The fourth-order valence-electron chi connectivity index (χ4n) is 1.37. The lowest BCUT2D eigenvalue weighted by molar-refractivity contribution is -0.161. The molecule has 8 heteroatoms. The molecule has 0 saturated carbocycles. The Balaban J connectivity index is 2.73. The highest BCUT2D eigenvalue weighted by Crippen LogP contribution is 2.11. The van der Waals surface area contributed by atoms with Crippen LogP contribution in [0.1, 0.15) is 6.92 Å². The summed E-state index contributed by atoms with van der Waals surface area (Å²) in [5.74, 6) is -2.95. The Hall–Kier alpha value is -2.90. The van der Waals surface area contributed by atoms with Crippen LogP contribution in [0.2, 0.25) is 0 Å². The first-order chi connectivity index (χ1) is 10.5. The summed E-state index contributed by atoms with van der Waals surface area (Å²) in [5.41, 5.74) is -0.672. The molecule has 1 aromatic rings. The second-order valence-corrected chi connectivity index (χ2v) is 3.89. The van der Waals surface area contributed by atoms with Crippen LogP contribution in [-0.2, 0) is 23.9 Å². The number of ether oxygens (including phenoxy) is 3. The maximum Gasteiger partial charge on any atom is 0.397 e. The lowest BCUT2D eigenvalue weighted by atomic mass is 10.4. The Morgan fingerprint density at radius 1 is 1.18 bits per heavy atom. The molecule has 1 aromatic carbocycles. The van der Waals surface area contributed by atoms with Crippen LogP contribution in [0.25, 0.3) is 0 Å². The van der Waals surface area contributed by atoms with E-state index in [1.807, 2.05) is 0 Å². The van der Waals surface area contributed by atoms with E-state index in [0.29, 0.717) is 5.75 Å². The molecule has 0 aliphatic heterocycles. The molecule has 0 aliphatic carbocycles. The van der Waals surface area contributed by atoms with E-state index in [4.69, 9.17) is 4.74 Å². The summed E-state index contributed by atoms with van der Waals surface area (Å²) in [6.07, 6.45) is 0. The van der Waals surface area contributed by atoms with E-state index < -0.39 is 29.9 Å². The summed E-state index contributed by atoms with van der Waals surface area (Å²) in [6, 6.07) is 5.41. The molecule has 0 bridgehead atoms. The Labute approximate surface area is 126 Å². The third kappa shape index (κ3) is 5.23. The van der Waals surface area contributed by atoms with Crippen molar-refractivity contribution in [2.75, 3.05) is 25.6 Å². The molecule has 0 atom stereocenters. The number of hydrogen-bond acceptors (Lipinski definition) is 7. The Bertz CT molecular complexity index is 627. The molecule has 1 amide bonds. The van der Waals surface area contributed by atoms with Gasteiger partial charge in [-0.05, 0) is 19.1 Å². The maximum absolute atomic E-state index is 11.7. The van der Waals surface area contributed by atoms with Crippen LogP contribution < -0.4 is 15.5 Å². The van der Waals surface area contributed by atoms with Gasteiger partial charge in [-0.15, -0.1) is 0 Å². The number of rotatable bonds is 5. The smallest absolute Gasteiger partial charge is 0.397 e. The molecule has 118 valence electrons. The second-order valence-electron chi connectivity index (χ2n) is 3.89. The van der Waals surface area contributed by atoms with Crippen LogP contribution >= 0.6 is 0 Å².